The number of rotatable bonds is 2. The number of aromatic amines is 1. The summed E-state index contributed by atoms with van der Waals surface area (Å²) in [6.07, 6.45) is 6.70. The van der Waals surface area contributed by atoms with E-state index >= 15 is 0 Å². The van der Waals surface area contributed by atoms with E-state index in [2.05, 4.69) is 20.3 Å². The van der Waals surface area contributed by atoms with Crippen molar-refractivity contribution in [3.63, 3.8) is 0 Å². The van der Waals surface area contributed by atoms with Gasteiger partial charge in [-0.2, -0.15) is 0 Å². The monoisotopic (exact) mass is 291 g/mol. The summed E-state index contributed by atoms with van der Waals surface area (Å²) in [6.45, 7) is 2.03. The van der Waals surface area contributed by atoms with Crippen LogP contribution in [0.15, 0.2) is 5.38 Å². The van der Waals surface area contributed by atoms with Crippen LogP contribution in [0.1, 0.15) is 47.0 Å². The minimum atomic E-state index is 0.751. The number of nitrogens with zero attached hydrogens (tertiary/aromatic N) is 2. The smallest absolute Gasteiger partial charge is 0.133 e. The van der Waals surface area contributed by atoms with Crippen molar-refractivity contribution in [1.29, 1.82) is 0 Å². The quantitative estimate of drug-likeness (QED) is 0.676. The lowest BCUT2D eigenvalue weighted by Crippen LogP contribution is -2.05. The van der Waals surface area contributed by atoms with Gasteiger partial charge in [0.25, 0.3) is 0 Å². The maximum Gasteiger partial charge on any atom is 0.133 e. The zero-order valence-electron chi connectivity index (χ0n) is 11.0. The molecule has 0 atom stereocenters. The Kier molecular flexibility index (Phi) is 3.75. The highest BCUT2D eigenvalue weighted by molar-refractivity contribution is 7.71. The normalized spacial score (nSPS) is 15.0. The van der Waals surface area contributed by atoms with Gasteiger partial charge in [-0.25, -0.2) is 9.97 Å². The first-order valence-electron chi connectivity index (χ1n) is 6.74. The molecule has 0 spiro atoms. The van der Waals surface area contributed by atoms with Gasteiger partial charge >= 0.3 is 0 Å². The molecule has 0 saturated heterocycles. The van der Waals surface area contributed by atoms with Crippen molar-refractivity contribution in [1.82, 2.24) is 15.0 Å². The van der Waals surface area contributed by atoms with E-state index in [1.54, 1.807) is 11.3 Å². The van der Waals surface area contributed by atoms with Crippen molar-refractivity contribution in [3.05, 3.63) is 37.8 Å². The van der Waals surface area contributed by atoms with Crippen molar-refractivity contribution in [2.45, 2.75) is 45.4 Å². The third kappa shape index (κ3) is 2.92. The van der Waals surface area contributed by atoms with E-state index in [4.69, 9.17) is 12.2 Å². The Hall–Kier alpha value is -1.07. The second-order valence-corrected chi connectivity index (χ2v) is 6.49. The molecule has 1 aliphatic carbocycles. The minimum absolute atomic E-state index is 0.751. The number of aryl methyl sites for hydroxylation is 2. The Morgan fingerprint density at radius 1 is 1.26 bits per heavy atom. The molecule has 0 amide bonds. The lowest BCUT2D eigenvalue weighted by molar-refractivity contribution is 0.708. The molecular formula is C14H17N3S2. The number of hydrogen-bond acceptors (Lipinski definition) is 4. The molecule has 0 fully saturated rings. The predicted molar refractivity (Wildman–Crippen MR) is 80.3 cm³/mol. The molecule has 0 aliphatic heterocycles. The number of nitrogens with one attached hydrogen (secondary N) is 1. The highest BCUT2D eigenvalue weighted by Gasteiger charge is 2.12. The summed E-state index contributed by atoms with van der Waals surface area (Å²) in [5, 5.41) is 3.20. The summed E-state index contributed by atoms with van der Waals surface area (Å²) in [5.41, 5.74) is 3.65. The number of aromatic nitrogens is 3. The number of hydrogen-bond donors (Lipinski definition) is 1. The molecule has 0 bridgehead atoms. The molecule has 19 heavy (non-hydrogen) atoms. The van der Waals surface area contributed by atoms with Gasteiger partial charge in [-0.05, 0) is 32.6 Å². The van der Waals surface area contributed by atoms with Crippen LogP contribution in [0.4, 0.5) is 0 Å². The summed E-state index contributed by atoms with van der Waals surface area (Å²) < 4.78 is 0.789. The van der Waals surface area contributed by atoms with Gasteiger partial charge in [0.05, 0.1) is 10.7 Å². The molecule has 0 aromatic carbocycles. The molecule has 1 aliphatic rings. The fourth-order valence-electron chi connectivity index (χ4n) is 2.59. The van der Waals surface area contributed by atoms with Crippen LogP contribution in [0.2, 0.25) is 0 Å². The molecule has 0 radical (unpaired) electrons. The Morgan fingerprint density at radius 2 is 2.11 bits per heavy atom. The molecule has 5 heteroatoms. The molecule has 3 rings (SSSR count). The molecule has 0 unspecified atom stereocenters. The van der Waals surface area contributed by atoms with Gasteiger partial charge in [0.15, 0.2) is 0 Å². The fraction of sp³-hybridized carbons (Fsp3) is 0.500. The van der Waals surface area contributed by atoms with Crippen LogP contribution >= 0.6 is 23.6 Å². The number of fused-ring (bicyclic) bond motifs is 1. The van der Waals surface area contributed by atoms with Crippen molar-refractivity contribution in [2.24, 2.45) is 0 Å². The van der Waals surface area contributed by atoms with Gasteiger partial charge in [-0.15, -0.1) is 11.3 Å². The van der Waals surface area contributed by atoms with E-state index in [9.17, 15) is 0 Å². The Bertz CT molecular complexity index is 642. The first-order valence-corrected chi connectivity index (χ1v) is 8.03. The molecule has 1 N–H and O–H groups in total. The van der Waals surface area contributed by atoms with Crippen LogP contribution in [0, 0.1) is 11.6 Å². The topological polar surface area (TPSA) is 41.6 Å². The summed E-state index contributed by atoms with van der Waals surface area (Å²) in [6, 6.07) is 0. The van der Waals surface area contributed by atoms with E-state index in [1.807, 2.05) is 6.92 Å². The van der Waals surface area contributed by atoms with Crippen molar-refractivity contribution < 1.29 is 0 Å². The van der Waals surface area contributed by atoms with E-state index in [0.29, 0.717) is 0 Å². The summed E-state index contributed by atoms with van der Waals surface area (Å²) in [4.78, 5) is 12.5. The van der Waals surface area contributed by atoms with E-state index in [-0.39, 0.29) is 0 Å². The van der Waals surface area contributed by atoms with Crippen LogP contribution in [0.5, 0.6) is 0 Å². The van der Waals surface area contributed by atoms with Gasteiger partial charge < -0.3 is 4.98 Å². The number of H-pyrrole nitrogens is 1. The highest BCUT2D eigenvalue weighted by atomic mass is 32.1. The molecule has 3 nitrogen and oxygen atoms in total. The highest BCUT2D eigenvalue weighted by Crippen LogP contribution is 2.20. The second-order valence-electron chi connectivity index (χ2n) is 5.04. The Labute approximate surface area is 122 Å². The van der Waals surface area contributed by atoms with E-state index < -0.39 is 0 Å². The standard InChI is InChI=1S/C14H17N3S2/c1-9-15-10(8-19-9)7-13-16-12-6-4-2-3-5-11(12)14(18)17-13/h8H,2-7H2,1H3,(H,16,17,18). The van der Waals surface area contributed by atoms with Gasteiger partial charge in [-0.1, -0.05) is 18.6 Å². The summed E-state index contributed by atoms with van der Waals surface area (Å²) in [5.74, 6) is 0.955. The Morgan fingerprint density at radius 3 is 2.89 bits per heavy atom. The third-order valence-corrected chi connectivity index (χ3v) is 4.68. The largest absolute Gasteiger partial charge is 0.347 e. The third-order valence-electron chi connectivity index (χ3n) is 3.52. The van der Waals surface area contributed by atoms with Crippen LogP contribution < -0.4 is 0 Å². The van der Waals surface area contributed by atoms with Crippen LogP contribution in [0.3, 0.4) is 0 Å². The number of thiazole rings is 1. The van der Waals surface area contributed by atoms with Gasteiger partial charge in [-0.3, -0.25) is 0 Å². The van der Waals surface area contributed by atoms with Crippen LogP contribution in [-0.2, 0) is 19.3 Å². The van der Waals surface area contributed by atoms with Crippen LogP contribution in [0.25, 0.3) is 0 Å². The molecule has 100 valence electrons. The Balaban J connectivity index is 1.93. The predicted octanol–water partition coefficient (Wildman–Crippen LogP) is 3.76. The SMILES string of the molecule is Cc1nc(Cc2nc(=S)c3c([nH]2)CCCCC3)cs1. The second kappa shape index (κ2) is 5.51. The van der Waals surface area contributed by atoms with Crippen molar-refractivity contribution in [3.8, 4) is 0 Å². The summed E-state index contributed by atoms with van der Waals surface area (Å²) >= 11 is 7.14. The maximum absolute atomic E-state index is 5.46. The first kappa shape index (κ1) is 12.9. The summed E-state index contributed by atoms with van der Waals surface area (Å²) in [7, 11) is 0. The van der Waals surface area contributed by atoms with Gasteiger partial charge in [0.2, 0.25) is 0 Å². The zero-order valence-corrected chi connectivity index (χ0v) is 12.7. The molecule has 2 aromatic heterocycles. The molecule has 2 heterocycles. The average Bonchev–Trinajstić information content (AvgIpc) is 2.64. The van der Waals surface area contributed by atoms with Crippen LogP contribution in [-0.4, -0.2) is 15.0 Å². The average molecular weight is 291 g/mol. The van der Waals surface area contributed by atoms with Crippen molar-refractivity contribution in [2.75, 3.05) is 0 Å². The van der Waals surface area contributed by atoms with Gasteiger partial charge in [0, 0.05) is 23.1 Å². The van der Waals surface area contributed by atoms with E-state index in [0.717, 1.165) is 40.4 Å². The molecular weight excluding hydrogens is 274 g/mol. The zero-order chi connectivity index (χ0) is 13.2. The lowest BCUT2D eigenvalue weighted by Gasteiger charge is -2.08. The fourth-order valence-corrected chi connectivity index (χ4v) is 3.54. The lowest BCUT2D eigenvalue weighted by atomic mass is 10.1. The maximum atomic E-state index is 5.46. The molecule has 2 aromatic rings. The first-order chi connectivity index (χ1) is 9.22. The van der Waals surface area contributed by atoms with E-state index in [1.165, 1.54) is 30.5 Å². The minimum Gasteiger partial charge on any atom is -0.347 e. The van der Waals surface area contributed by atoms with Gasteiger partial charge in [0.1, 0.15) is 10.5 Å². The molecule has 0 saturated carbocycles. The van der Waals surface area contributed by atoms with Crippen molar-refractivity contribution >= 4 is 23.6 Å².